The molecule has 0 spiro atoms. The molecule has 11 nitrogen and oxygen atoms in total. The van der Waals surface area contributed by atoms with E-state index in [4.69, 9.17) is 0 Å². The van der Waals surface area contributed by atoms with Gasteiger partial charge in [-0.3, -0.25) is 14.6 Å². The first-order chi connectivity index (χ1) is 22.8. The van der Waals surface area contributed by atoms with Crippen molar-refractivity contribution in [3.63, 3.8) is 0 Å². The lowest BCUT2D eigenvalue weighted by Crippen LogP contribution is -2.69. The quantitative estimate of drug-likeness (QED) is 0.118. The zero-order valence-corrected chi connectivity index (χ0v) is 25.9. The second-order valence-corrected chi connectivity index (χ2v) is 11.2. The summed E-state index contributed by atoms with van der Waals surface area (Å²) in [5, 5.41) is 28.5. The van der Waals surface area contributed by atoms with Gasteiger partial charge in [0.05, 0.1) is 18.8 Å². The lowest BCUT2D eigenvalue weighted by molar-refractivity contribution is -0.157. The Morgan fingerprint density at radius 3 is 2.32 bits per heavy atom. The number of hydrogen-bond donors (Lipinski definition) is 5. The fourth-order valence-corrected chi connectivity index (χ4v) is 5.58. The Labute approximate surface area is 273 Å². The van der Waals surface area contributed by atoms with Crippen LogP contribution in [-0.2, 0) is 29.1 Å². The average Bonchev–Trinajstić information content (AvgIpc) is 3.08. The number of aromatic nitrogens is 1. The number of aromatic hydroxyl groups is 2. The molecule has 4 amide bonds. The molecule has 2 atom stereocenters. The molecule has 0 saturated carbocycles. The van der Waals surface area contributed by atoms with Gasteiger partial charge in [-0.2, -0.15) is 0 Å². The van der Waals surface area contributed by atoms with Gasteiger partial charge in [0, 0.05) is 37.8 Å². The summed E-state index contributed by atoms with van der Waals surface area (Å²) < 4.78 is 0. The molecule has 4 aromatic rings. The summed E-state index contributed by atoms with van der Waals surface area (Å²) in [7, 11) is 0. The summed E-state index contributed by atoms with van der Waals surface area (Å²) in [5.41, 5.74) is 3.82. The zero-order chi connectivity index (χ0) is 33.2. The first-order valence-corrected chi connectivity index (χ1v) is 15.3. The summed E-state index contributed by atoms with van der Waals surface area (Å²) in [4.78, 5) is 49.1. The van der Waals surface area contributed by atoms with Crippen molar-refractivity contribution in [1.82, 2.24) is 30.7 Å². The van der Waals surface area contributed by atoms with E-state index in [2.05, 4.69) is 27.5 Å². The van der Waals surface area contributed by atoms with Crippen molar-refractivity contribution in [3.8, 4) is 22.8 Å². The number of carbonyl (C=O) groups is 3. The number of benzene rings is 3. The zero-order valence-electron chi connectivity index (χ0n) is 25.9. The monoisotopic (exact) mass is 634 g/mol. The molecular weight excluding hydrogens is 596 g/mol. The minimum absolute atomic E-state index is 0.0286. The average molecular weight is 635 g/mol. The minimum Gasteiger partial charge on any atom is -0.508 e. The molecule has 0 aliphatic carbocycles. The van der Waals surface area contributed by atoms with Crippen LogP contribution in [0.5, 0.6) is 11.5 Å². The highest BCUT2D eigenvalue weighted by atomic mass is 16.3. The van der Waals surface area contributed by atoms with Crippen molar-refractivity contribution < 1.29 is 24.6 Å². The van der Waals surface area contributed by atoms with Crippen molar-refractivity contribution in [2.45, 2.75) is 31.7 Å². The van der Waals surface area contributed by atoms with Gasteiger partial charge in [-0.05, 0) is 59.2 Å². The van der Waals surface area contributed by atoms with Crippen LogP contribution >= 0.6 is 0 Å². The molecule has 1 fully saturated rings. The highest BCUT2D eigenvalue weighted by Gasteiger charge is 2.43. The second-order valence-electron chi connectivity index (χ2n) is 11.2. The van der Waals surface area contributed by atoms with Gasteiger partial charge in [-0.15, -0.1) is 6.58 Å². The predicted octanol–water partition coefficient (Wildman–Crippen LogP) is 3.54. The van der Waals surface area contributed by atoms with E-state index < -0.39 is 18.2 Å². The molecule has 2 heterocycles. The van der Waals surface area contributed by atoms with Gasteiger partial charge in [0.15, 0.2) is 0 Å². The molecule has 1 aliphatic heterocycles. The fourth-order valence-electron chi connectivity index (χ4n) is 5.58. The number of nitrogens with zero attached hydrogens (tertiary/aromatic N) is 3. The number of amides is 4. The van der Waals surface area contributed by atoms with Gasteiger partial charge in [-0.25, -0.2) is 4.79 Å². The standard InChI is InChI=1S/C36H38N6O5/c1-2-18-37-22-33(45)42-31(20-25-10-14-29(43)15-11-25)35(46)41(24-32(42)40-36(47)39-21-26-7-4-3-5-8-26)23-28-9-6-19-38-34(28)27-12-16-30(44)17-13-27/h2-17,19,31-32,37,43-44H,1,18,20-24H2,(H2,39,40,47)/t31-,32+/m0/s1. The Morgan fingerprint density at radius 1 is 0.915 bits per heavy atom. The third-order valence-electron chi connectivity index (χ3n) is 7.87. The number of carbonyl (C=O) groups excluding carboxylic acids is 3. The minimum atomic E-state index is -0.959. The van der Waals surface area contributed by atoms with E-state index in [-0.39, 0.29) is 55.9 Å². The Hall–Kier alpha value is -5.68. The van der Waals surface area contributed by atoms with Crippen molar-refractivity contribution >= 4 is 17.8 Å². The number of hydrogen-bond acceptors (Lipinski definition) is 7. The van der Waals surface area contributed by atoms with E-state index in [9.17, 15) is 24.6 Å². The summed E-state index contributed by atoms with van der Waals surface area (Å²) in [6.07, 6.45) is 2.59. The Morgan fingerprint density at radius 2 is 1.62 bits per heavy atom. The van der Waals surface area contributed by atoms with Gasteiger partial charge in [0.1, 0.15) is 23.7 Å². The first kappa shape index (κ1) is 32.7. The van der Waals surface area contributed by atoms with Gasteiger partial charge >= 0.3 is 6.03 Å². The number of phenolic OH excluding ortho intramolecular Hbond substituents is 2. The molecule has 0 unspecified atom stereocenters. The largest absolute Gasteiger partial charge is 0.508 e. The van der Waals surface area contributed by atoms with Crippen LogP contribution < -0.4 is 16.0 Å². The van der Waals surface area contributed by atoms with Crippen molar-refractivity contribution in [2.24, 2.45) is 0 Å². The fraction of sp³-hybridized carbons (Fsp3) is 0.222. The summed E-state index contributed by atoms with van der Waals surface area (Å²) in [6.45, 7) is 4.48. The molecule has 1 saturated heterocycles. The molecular formula is C36H38N6O5. The van der Waals surface area contributed by atoms with Gasteiger partial charge in [-0.1, -0.05) is 54.6 Å². The van der Waals surface area contributed by atoms with E-state index >= 15 is 0 Å². The maximum atomic E-state index is 14.3. The topological polar surface area (TPSA) is 147 Å². The number of piperazine rings is 1. The van der Waals surface area contributed by atoms with Crippen molar-refractivity contribution in [1.29, 1.82) is 0 Å². The van der Waals surface area contributed by atoms with E-state index in [1.807, 2.05) is 36.4 Å². The second kappa shape index (κ2) is 15.5. The van der Waals surface area contributed by atoms with E-state index in [0.29, 0.717) is 12.2 Å². The molecule has 0 radical (unpaired) electrons. The number of phenols is 2. The molecule has 3 aromatic carbocycles. The van der Waals surface area contributed by atoms with Crippen molar-refractivity contribution in [3.05, 3.63) is 127 Å². The van der Waals surface area contributed by atoms with Gasteiger partial charge in [0.25, 0.3) is 0 Å². The Bertz CT molecular complexity index is 1680. The normalized spacial score (nSPS) is 16.0. The SMILES string of the molecule is C=CCNCC(=O)N1[C@@H](NC(=O)NCc2ccccc2)CN(Cc2cccnc2-c2ccc(O)cc2)C(=O)[C@@H]1Cc1ccc(O)cc1. The Balaban J connectivity index is 1.47. The van der Waals surface area contributed by atoms with Crippen LogP contribution in [0, 0.1) is 0 Å². The highest BCUT2D eigenvalue weighted by Crippen LogP contribution is 2.27. The maximum Gasteiger partial charge on any atom is 0.316 e. The molecule has 47 heavy (non-hydrogen) atoms. The lowest BCUT2D eigenvalue weighted by atomic mass is 9.98. The molecule has 5 rings (SSSR count). The number of nitrogens with one attached hydrogen (secondary N) is 3. The van der Waals surface area contributed by atoms with Gasteiger partial charge < -0.3 is 36.0 Å². The van der Waals surface area contributed by atoms with Crippen LogP contribution in [0.15, 0.2) is 110 Å². The Kier molecular flexibility index (Phi) is 10.8. The first-order valence-electron chi connectivity index (χ1n) is 15.3. The summed E-state index contributed by atoms with van der Waals surface area (Å²) >= 11 is 0. The number of rotatable bonds is 12. The maximum absolute atomic E-state index is 14.3. The summed E-state index contributed by atoms with van der Waals surface area (Å²) in [5.74, 6) is -0.442. The third-order valence-corrected chi connectivity index (χ3v) is 7.87. The van der Waals surface area contributed by atoms with Gasteiger partial charge in [0.2, 0.25) is 11.8 Å². The van der Waals surface area contributed by atoms with E-state index in [0.717, 1.165) is 22.3 Å². The highest BCUT2D eigenvalue weighted by molar-refractivity contribution is 5.91. The lowest BCUT2D eigenvalue weighted by Gasteiger charge is -2.46. The van der Waals surface area contributed by atoms with Crippen molar-refractivity contribution in [2.75, 3.05) is 19.6 Å². The van der Waals surface area contributed by atoms with E-state index in [1.165, 1.54) is 17.0 Å². The number of pyridine rings is 1. The molecule has 0 bridgehead atoms. The van der Waals surface area contributed by atoms with Crippen LogP contribution in [0.25, 0.3) is 11.3 Å². The smallest absolute Gasteiger partial charge is 0.316 e. The molecule has 5 N–H and O–H groups in total. The van der Waals surface area contributed by atoms with Crippen LogP contribution in [0.4, 0.5) is 4.79 Å². The van der Waals surface area contributed by atoms with Crippen LogP contribution in [-0.4, -0.2) is 74.7 Å². The molecule has 242 valence electrons. The van der Waals surface area contributed by atoms with Crippen LogP contribution in [0.3, 0.4) is 0 Å². The molecule has 11 heteroatoms. The van der Waals surface area contributed by atoms with Crippen LogP contribution in [0.2, 0.25) is 0 Å². The van der Waals surface area contributed by atoms with E-state index in [1.54, 1.807) is 59.6 Å². The third kappa shape index (κ3) is 8.53. The summed E-state index contributed by atoms with van der Waals surface area (Å²) in [6, 6.07) is 24.8. The number of urea groups is 1. The molecule has 1 aliphatic rings. The predicted molar refractivity (Wildman–Crippen MR) is 178 cm³/mol. The molecule has 1 aromatic heterocycles. The van der Waals surface area contributed by atoms with Crippen LogP contribution in [0.1, 0.15) is 16.7 Å².